The van der Waals surface area contributed by atoms with Gasteiger partial charge in [-0.3, -0.25) is 9.78 Å². The Balaban J connectivity index is 1.70. The zero-order valence-corrected chi connectivity index (χ0v) is 13.2. The van der Waals surface area contributed by atoms with E-state index in [4.69, 9.17) is 16.3 Å². The van der Waals surface area contributed by atoms with Crippen LogP contribution < -0.4 is 4.74 Å². The number of thiophene rings is 1. The summed E-state index contributed by atoms with van der Waals surface area (Å²) in [4.78, 5) is 17.2. The smallest absolute Gasteiger partial charge is 0.175 e. The van der Waals surface area contributed by atoms with Crippen LogP contribution in [-0.4, -0.2) is 10.8 Å². The fraction of sp³-hybridized carbons (Fsp3) is 0.176. The molecule has 0 aliphatic heterocycles. The van der Waals surface area contributed by atoms with Gasteiger partial charge >= 0.3 is 0 Å². The molecule has 0 atom stereocenters. The molecule has 0 amide bonds. The van der Waals surface area contributed by atoms with Crippen LogP contribution in [-0.2, 0) is 0 Å². The Labute approximate surface area is 136 Å². The van der Waals surface area contributed by atoms with E-state index >= 15 is 0 Å². The van der Waals surface area contributed by atoms with E-state index in [0.717, 1.165) is 27.8 Å². The van der Waals surface area contributed by atoms with Crippen LogP contribution >= 0.6 is 22.9 Å². The van der Waals surface area contributed by atoms with E-state index in [1.54, 1.807) is 24.5 Å². The van der Waals surface area contributed by atoms with E-state index in [1.165, 1.54) is 11.3 Å². The first-order valence-corrected chi connectivity index (χ1v) is 8.25. The second kappa shape index (κ2) is 5.38. The van der Waals surface area contributed by atoms with Gasteiger partial charge in [-0.05, 0) is 43.2 Å². The number of pyridine rings is 1. The van der Waals surface area contributed by atoms with Crippen LogP contribution in [0.2, 0.25) is 5.02 Å². The molecule has 22 heavy (non-hydrogen) atoms. The number of rotatable bonds is 4. The Morgan fingerprint density at radius 1 is 1.23 bits per heavy atom. The molecule has 3 aromatic rings. The number of ketones is 1. The van der Waals surface area contributed by atoms with Crippen LogP contribution in [0.5, 0.6) is 11.5 Å². The van der Waals surface area contributed by atoms with Gasteiger partial charge in [-0.25, -0.2) is 0 Å². The maximum atomic E-state index is 12.2. The molecule has 4 rings (SSSR count). The largest absolute Gasteiger partial charge is 0.455 e. The maximum absolute atomic E-state index is 12.2. The van der Waals surface area contributed by atoms with Gasteiger partial charge in [0, 0.05) is 22.5 Å². The summed E-state index contributed by atoms with van der Waals surface area (Å²) in [6.45, 7) is 0. The first-order valence-electron chi connectivity index (χ1n) is 7.06. The molecule has 0 unspecified atom stereocenters. The van der Waals surface area contributed by atoms with Crippen molar-refractivity contribution in [2.24, 2.45) is 5.92 Å². The highest BCUT2D eigenvalue weighted by Crippen LogP contribution is 2.39. The second-order valence-electron chi connectivity index (χ2n) is 5.35. The quantitative estimate of drug-likeness (QED) is 0.607. The normalized spacial score (nSPS) is 14.2. The van der Waals surface area contributed by atoms with Crippen molar-refractivity contribution in [3.8, 4) is 11.5 Å². The number of halogens is 1. The summed E-state index contributed by atoms with van der Waals surface area (Å²) in [6, 6.07) is 9.10. The molecule has 1 aliphatic rings. The molecule has 2 aromatic heterocycles. The lowest BCUT2D eigenvalue weighted by molar-refractivity contribution is 0.0971. The van der Waals surface area contributed by atoms with Gasteiger partial charge in [-0.15, -0.1) is 11.3 Å². The molecule has 0 saturated heterocycles. The zero-order valence-electron chi connectivity index (χ0n) is 11.6. The van der Waals surface area contributed by atoms with Crippen LogP contribution in [0.25, 0.3) is 10.1 Å². The van der Waals surface area contributed by atoms with Crippen LogP contribution in [0.4, 0.5) is 0 Å². The van der Waals surface area contributed by atoms with Gasteiger partial charge in [0.15, 0.2) is 11.5 Å². The molecule has 1 aliphatic carbocycles. The molecule has 110 valence electrons. The van der Waals surface area contributed by atoms with Crippen molar-refractivity contribution in [2.75, 3.05) is 0 Å². The summed E-state index contributed by atoms with van der Waals surface area (Å²) in [6.07, 6.45) is 5.48. The molecule has 0 bridgehead atoms. The fourth-order valence-electron chi connectivity index (χ4n) is 2.31. The predicted molar refractivity (Wildman–Crippen MR) is 88.2 cm³/mol. The second-order valence-corrected chi connectivity index (χ2v) is 6.87. The number of benzene rings is 1. The minimum absolute atomic E-state index is 0.224. The lowest BCUT2D eigenvalue weighted by Gasteiger charge is -2.06. The molecule has 0 radical (unpaired) electrons. The Hall–Kier alpha value is -1.91. The number of hydrogen-bond acceptors (Lipinski definition) is 4. The van der Waals surface area contributed by atoms with E-state index in [1.807, 2.05) is 18.2 Å². The standard InChI is InChI=1S/C17H12ClNO2S/c18-11-3-5-12(6-4-11)21-14-8-19-9-16-13(14)7-15(22-16)17(20)10-1-2-10/h3-10H,1-2H2. The third-order valence-corrected chi connectivity index (χ3v) is 4.98. The average Bonchev–Trinajstić information content (AvgIpc) is 3.28. The van der Waals surface area contributed by atoms with Crippen molar-refractivity contribution in [2.45, 2.75) is 12.8 Å². The number of carbonyl (C=O) groups excluding carboxylic acids is 1. The summed E-state index contributed by atoms with van der Waals surface area (Å²) in [5, 5.41) is 1.59. The molecule has 0 spiro atoms. The van der Waals surface area contributed by atoms with E-state index in [-0.39, 0.29) is 11.7 Å². The van der Waals surface area contributed by atoms with Crippen LogP contribution in [0.1, 0.15) is 22.5 Å². The average molecular weight is 330 g/mol. The number of nitrogens with zero attached hydrogens (tertiary/aromatic N) is 1. The summed E-state index contributed by atoms with van der Waals surface area (Å²) in [7, 11) is 0. The number of fused-ring (bicyclic) bond motifs is 1. The molecular formula is C17H12ClNO2S. The van der Waals surface area contributed by atoms with E-state index in [2.05, 4.69) is 4.98 Å². The minimum Gasteiger partial charge on any atom is -0.455 e. The van der Waals surface area contributed by atoms with E-state index < -0.39 is 0 Å². The van der Waals surface area contributed by atoms with Crippen molar-refractivity contribution in [1.29, 1.82) is 0 Å². The molecule has 3 nitrogen and oxygen atoms in total. The van der Waals surface area contributed by atoms with Crippen LogP contribution in [0.3, 0.4) is 0 Å². The predicted octanol–water partition coefficient (Wildman–Crippen LogP) is 5.33. The molecule has 5 heteroatoms. The van der Waals surface area contributed by atoms with Gasteiger partial charge in [-0.2, -0.15) is 0 Å². The lowest BCUT2D eigenvalue weighted by Crippen LogP contribution is -1.96. The summed E-state index contributed by atoms with van der Waals surface area (Å²) >= 11 is 7.37. The number of Topliss-reactive ketones (excluding diaryl/α,β-unsaturated/α-hetero) is 1. The molecule has 1 aromatic carbocycles. The van der Waals surface area contributed by atoms with Crippen molar-refractivity contribution in [1.82, 2.24) is 4.98 Å². The van der Waals surface area contributed by atoms with Gasteiger partial charge < -0.3 is 4.74 Å². The molecular weight excluding hydrogens is 318 g/mol. The van der Waals surface area contributed by atoms with E-state index in [0.29, 0.717) is 16.5 Å². The third-order valence-electron chi connectivity index (χ3n) is 3.64. The highest BCUT2D eigenvalue weighted by molar-refractivity contribution is 7.20. The number of ether oxygens (including phenoxy) is 1. The van der Waals surface area contributed by atoms with Gasteiger partial charge in [-0.1, -0.05) is 11.6 Å². The SMILES string of the molecule is O=C(c1cc2c(Oc3ccc(Cl)cc3)cncc2s1)C1CC1. The van der Waals surface area contributed by atoms with Crippen molar-refractivity contribution >= 4 is 38.8 Å². The topological polar surface area (TPSA) is 39.2 Å². The first-order chi connectivity index (χ1) is 10.7. The van der Waals surface area contributed by atoms with Gasteiger partial charge in [0.2, 0.25) is 0 Å². The molecule has 1 saturated carbocycles. The van der Waals surface area contributed by atoms with Crippen molar-refractivity contribution < 1.29 is 9.53 Å². The summed E-state index contributed by atoms with van der Waals surface area (Å²) in [5.74, 6) is 1.83. The van der Waals surface area contributed by atoms with Crippen LogP contribution in [0, 0.1) is 5.92 Å². The summed E-state index contributed by atoms with van der Waals surface area (Å²) < 4.78 is 6.86. The molecule has 1 fully saturated rings. The van der Waals surface area contributed by atoms with Gasteiger partial charge in [0.05, 0.1) is 15.8 Å². The van der Waals surface area contributed by atoms with Crippen molar-refractivity contribution in [3.63, 3.8) is 0 Å². The number of hydrogen-bond donors (Lipinski definition) is 0. The number of aromatic nitrogens is 1. The number of carbonyl (C=O) groups is 1. The Kier molecular flexibility index (Phi) is 3.36. The first kappa shape index (κ1) is 13.7. The van der Waals surface area contributed by atoms with Crippen LogP contribution in [0.15, 0.2) is 42.7 Å². The van der Waals surface area contributed by atoms with Crippen molar-refractivity contribution in [3.05, 3.63) is 52.6 Å². The zero-order chi connectivity index (χ0) is 15.1. The van der Waals surface area contributed by atoms with Gasteiger partial charge in [0.1, 0.15) is 5.75 Å². The molecule has 2 heterocycles. The highest BCUT2D eigenvalue weighted by atomic mass is 35.5. The Morgan fingerprint density at radius 3 is 2.73 bits per heavy atom. The molecule has 0 N–H and O–H groups in total. The Bertz CT molecular complexity index is 853. The minimum atomic E-state index is 0.224. The highest BCUT2D eigenvalue weighted by Gasteiger charge is 2.31. The monoisotopic (exact) mass is 329 g/mol. The van der Waals surface area contributed by atoms with Gasteiger partial charge in [0.25, 0.3) is 0 Å². The lowest BCUT2D eigenvalue weighted by atomic mass is 10.2. The third kappa shape index (κ3) is 2.60. The fourth-order valence-corrected chi connectivity index (χ4v) is 3.50. The summed E-state index contributed by atoms with van der Waals surface area (Å²) in [5.41, 5.74) is 0. The Morgan fingerprint density at radius 2 is 2.00 bits per heavy atom. The maximum Gasteiger partial charge on any atom is 0.175 e. The van der Waals surface area contributed by atoms with E-state index in [9.17, 15) is 4.79 Å².